The van der Waals surface area contributed by atoms with Crippen LogP contribution in [0, 0.1) is 0 Å². The van der Waals surface area contributed by atoms with Gasteiger partial charge in [0, 0.05) is 10.4 Å². The van der Waals surface area contributed by atoms with Crippen molar-refractivity contribution in [1.29, 1.82) is 0 Å². The molecule has 0 aromatic heterocycles. The van der Waals surface area contributed by atoms with Crippen LogP contribution in [-0.2, 0) is 0 Å². The molecule has 0 saturated carbocycles. The third-order valence-corrected chi connectivity index (χ3v) is 2.41. The molecule has 0 heterocycles. The number of benzene rings is 1. The predicted octanol–water partition coefficient (Wildman–Crippen LogP) is 3.85. The molecule has 0 atom stereocenters. The van der Waals surface area contributed by atoms with E-state index in [9.17, 15) is 0 Å². The summed E-state index contributed by atoms with van der Waals surface area (Å²) in [5.41, 5.74) is 0. The summed E-state index contributed by atoms with van der Waals surface area (Å²) in [4.78, 5) is 0. The first-order chi connectivity index (χ1) is 6.33. The van der Waals surface area contributed by atoms with Crippen molar-refractivity contribution in [2.24, 2.45) is 0 Å². The Labute approximate surface area is 92.2 Å². The SMILES string of the molecule is ClCCCCOc1ccc(Br)cc1. The molecule has 1 nitrogen and oxygen atoms in total. The third kappa shape index (κ3) is 4.53. The average Bonchev–Trinajstić information content (AvgIpc) is 2.15. The molecule has 0 fully saturated rings. The maximum absolute atomic E-state index is 5.54. The Morgan fingerprint density at radius 2 is 1.85 bits per heavy atom. The summed E-state index contributed by atoms with van der Waals surface area (Å²) in [5.74, 6) is 1.63. The minimum atomic E-state index is 0.712. The molecule has 0 aliphatic heterocycles. The maximum Gasteiger partial charge on any atom is 0.119 e. The molecule has 0 amide bonds. The van der Waals surface area contributed by atoms with Gasteiger partial charge in [0.05, 0.1) is 6.61 Å². The number of alkyl halides is 1. The molecule has 0 unspecified atom stereocenters. The maximum atomic E-state index is 5.54. The first-order valence-corrected chi connectivity index (χ1v) is 5.60. The van der Waals surface area contributed by atoms with E-state index < -0.39 is 0 Å². The summed E-state index contributed by atoms with van der Waals surface area (Å²) < 4.78 is 6.55. The summed E-state index contributed by atoms with van der Waals surface area (Å²) in [7, 11) is 0. The minimum Gasteiger partial charge on any atom is -0.494 e. The van der Waals surface area contributed by atoms with E-state index in [0.29, 0.717) is 5.88 Å². The quantitative estimate of drug-likeness (QED) is 0.579. The lowest BCUT2D eigenvalue weighted by molar-refractivity contribution is 0.309. The number of unbranched alkanes of at least 4 members (excludes halogenated alkanes) is 1. The zero-order valence-electron chi connectivity index (χ0n) is 7.30. The Kier molecular flexibility index (Phi) is 5.25. The van der Waals surface area contributed by atoms with E-state index in [1.54, 1.807) is 0 Å². The van der Waals surface area contributed by atoms with Crippen LogP contribution in [0.4, 0.5) is 0 Å². The number of ether oxygens (including phenoxy) is 1. The molecule has 0 radical (unpaired) electrons. The lowest BCUT2D eigenvalue weighted by Crippen LogP contribution is -1.97. The summed E-state index contributed by atoms with van der Waals surface area (Å²) in [6, 6.07) is 7.84. The first kappa shape index (κ1) is 10.9. The van der Waals surface area contributed by atoms with Crippen molar-refractivity contribution in [3.05, 3.63) is 28.7 Å². The van der Waals surface area contributed by atoms with E-state index in [1.807, 2.05) is 24.3 Å². The minimum absolute atomic E-state index is 0.712. The third-order valence-electron chi connectivity index (χ3n) is 1.61. The second-order valence-corrected chi connectivity index (χ2v) is 3.99. The summed E-state index contributed by atoms with van der Waals surface area (Å²) in [5, 5.41) is 0. The highest BCUT2D eigenvalue weighted by Gasteiger charge is 1.92. The van der Waals surface area contributed by atoms with E-state index in [0.717, 1.165) is 29.7 Å². The monoisotopic (exact) mass is 262 g/mol. The molecule has 0 aliphatic carbocycles. The molecule has 0 aliphatic rings. The smallest absolute Gasteiger partial charge is 0.119 e. The van der Waals surface area contributed by atoms with Gasteiger partial charge in [-0.3, -0.25) is 0 Å². The van der Waals surface area contributed by atoms with Gasteiger partial charge in [0.1, 0.15) is 5.75 Å². The zero-order valence-corrected chi connectivity index (χ0v) is 9.64. The number of hydrogen-bond acceptors (Lipinski definition) is 1. The highest BCUT2D eigenvalue weighted by molar-refractivity contribution is 9.10. The fourth-order valence-corrected chi connectivity index (χ4v) is 1.37. The van der Waals surface area contributed by atoms with Crippen molar-refractivity contribution in [1.82, 2.24) is 0 Å². The Morgan fingerprint density at radius 3 is 2.46 bits per heavy atom. The Morgan fingerprint density at radius 1 is 1.15 bits per heavy atom. The highest BCUT2D eigenvalue weighted by atomic mass is 79.9. The van der Waals surface area contributed by atoms with Crippen LogP contribution in [0.3, 0.4) is 0 Å². The van der Waals surface area contributed by atoms with Gasteiger partial charge in [0.15, 0.2) is 0 Å². The molecule has 1 aromatic rings. The standard InChI is InChI=1S/C10H12BrClO/c11-9-3-5-10(6-4-9)13-8-2-1-7-12/h3-6H,1-2,7-8H2. The van der Waals surface area contributed by atoms with Gasteiger partial charge in [0.25, 0.3) is 0 Å². The molecule has 3 heteroatoms. The summed E-state index contributed by atoms with van der Waals surface area (Å²) in [6.07, 6.45) is 2.03. The van der Waals surface area contributed by atoms with Gasteiger partial charge >= 0.3 is 0 Å². The van der Waals surface area contributed by atoms with Crippen molar-refractivity contribution in [2.45, 2.75) is 12.8 Å². The fourth-order valence-electron chi connectivity index (χ4n) is 0.917. The summed E-state index contributed by atoms with van der Waals surface area (Å²) in [6.45, 7) is 0.744. The number of halogens is 2. The van der Waals surface area contributed by atoms with Crippen LogP contribution in [-0.4, -0.2) is 12.5 Å². The predicted molar refractivity (Wildman–Crippen MR) is 59.6 cm³/mol. The van der Waals surface area contributed by atoms with Gasteiger partial charge in [-0.05, 0) is 37.1 Å². The Bertz CT molecular complexity index is 235. The molecule has 0 saturated heterocycles. The largest absolute Gasteiger partial charge is 0.494 e. The fraction of sp³-hybridized carbons (Fsp3) is 0.400. The molecule has 0 N–H and O–H groups in total. The van der Waals surface area contributed by atoms with Crippen LogP contribution in [0.25, 0.3) is 0 Å². The van der Waals surface area contributed by atoms with Crippen LogP contribution in [0.2, 0.25) is 0 Å². The lowest BCUT2D eigenvalue weighted by atomic mass is 10.3. The molecule has 72 valence electrons. The van der Waals surface area contributed by atoms with Crippen LogP contribution in [0.5, 0.6) is 5.75 Å². The Hall–Kier alpha value is -0.210. The first-order valence-electron chi connectivity index (χ1n) is 4.27. The zero-order chi connectivity index (χ0) is 9.52. The number of rotatable bonds is 5. The molecule has 13 heavy (non-hydrogen) atoms. The van der Waals surface area contributed by atoms with Crippen LogP contribution >= 0.6 is 27.5 Å². The van der Waals surface area contributed by atoms with E-state index in [2.05, 4.69) is 15.9 Å². The van der Waals surface area contributed by atoms with E-state index in [1.165, 1.54) is 0 Å². The van der Waals surface area contributed by atoms with Gasteiger partial charge in [-0.1, -0.05) is 15.9 Å². The Balaban J connectivity index is 2.25. The van der Waals surface area contributed by atoms with Crippen molar-refractivity contribution < 1.29 is 4.74 Å². The van der Waals surface area contributed by atoms with Gasteiger partial charge in [-0.15, -0.1) is 11.6 Å². The molecule has 0 bridgehead atoms. The second kappa shape index (κ2) is 6.28. The van der Waals surface area contributed by atoms with E-state index in [-0.39, 0.29) is 0 Å². The van der Waals surface area contributed by atoms with Gasteiger partial charge in [-0.2, -0.15) is 0 Å². The van der Waals surface area contributed by atoms with Crippen molar-refractivity contribution >= 4 is 27.5 Å². The average molecular weight is 264 g/mol. The number of hydrogen-bond donors (Lipinski definition) is 0. The van der Waals surface area contributed by atoms with E-state index >= 15 is 0 Å². The molecule has 1 aromatic carbocycles. The summed E-state index contributed by atoms with van der Waals surface area (Å²) >= 11 is 8.91. The molecule has 1 rings (SSSR count). The van der Waals surface area contributed by atoms with Crippen molar-refractivity contribution in [3.8, 4) is 5.75 Å². The second-order valence-electron chi connectivity index (χ2n) is 2.70. The highest BCUT2D eigenvalue weighted by Crippen LogP contribution is 2.16. The van der Waals surface area contributed by atoms with Crippen LogP contribution in [0.15, 0.2) is 28.7 Å². The van der Waals surface area contributed by atoms with Crippen molar-refractivity contribution in [2.75, 3.05) is 12.5 Å². The topological polar surface area (TPSA) is 9.23 Å². The van der Waals surface area contributed by atoms with Gasteiger partial charge < -0.3 is 4.74 Å². The molecular weight excluding hydrogens is 251 g/mol. The van der Waals surface area contributed by atoms with Crippen LogP contribution in [0.1, 0.15) is 12.8 Å². The van der Waals surface area contributed by atoms with Crippen molar-refractivity contribution in [3.63, 3.8) is 0 Å². The van der Waals surface area contributed by atoms with Crippen LogP contribution < -0.4 is 4.74 Å². The molecule has 0 spiro atoms. The van der Waals surface area contributed by atoms with E-state index in [4.69, 9.17) is 16.3 Å². The van der Waals surface area contributed by atoms with Gasteiger partial charge in [0.2, 0.25) is 0 Å². The van der Waals surface area contributed by atoms with Gasteiger partial charge in [-0.25, -0.2) is 0 Å². The lowest BCUT2D eigenvalue weighted by Gasteiger charge is -2.04. The normalized spacial score (nSPS) is 10.0. The molecular formula is C10H12BrClO.